The summed E-state index contributed by atoms with van der Waals surface area (Å²) in [6.45, 7) is 5.77. The number of quaternary nitrogens is 1. The van der Waals surface area contributed by atoms with E-state index in [0.29, 0.717) is 12.3 Å². The lowest BCUT2D eigenvalue weighted by molar-refractivity contribution is -0.360. The Morgan fingerprint density at radius 1 is 1.33 bits per heavy atom. The van der Waals surface area contributed by atoms with Gasteiger partial charge in [0, 0.05) is 0 Å². The van der Waals surface area contributed by atoms with Crippen LogP contribution in [0.15, 0.2) is 0 Å². The Morgan fingerprint density at radius 2 is 1.75 bits per heavy atom. The van der Waals surface area contributed by atoms with Crippen LogP contribution in [-0.2, 0) is 8.87 Å². The molecule has 0 heterocycles. The van der Waals surface area contributed by atoms with Gasteiger partial charge in [0.15, 0.2) is 0 Å². The van der Waals surface area contributed by atoms with E-state index in [1.54, 1.807) is 20.8 Å². The smallest absolute Gasteiger partial charge is 0.206 e. The van der Waals surface area contributed by atoms with E-state index in [2.05, 4.69) is 5.73 Å². The monoisotopic (exact) mass is 233 g/mol. The number of halogens is 1. The van der Waals surface area contributed by atoms with Gasteiger partial charge in [0.05, 0.1) is 17.0 Å². The molecule has 0 aliphatic carbocycles. The van der Waals surface area contributed by atoms with E-state index < -0.39 is 13.6 Å². The van der Waals surface area contributed by atoms with Gasteiger partial charge in [-0.05, 0) is 31.6 Å². The molecule has 0 saturated carbocycles. The van der Waals surface area contributed by atoms with Crippen LogP contribution in [0.1, 0.15) is 20.8 Å². The Kier molecular flexibility index (Phi) is 6.66. The average molecular weight is 234 g/mol. The van der Waals surface area contributed by atoms with Gasteiger partial charge in [-0.1, -0.05) is 0 Å². The molecule has 0 aliphatic heterocycles. The molecule has 0 bridgehead atoms. The Morgan fingerprint density at radius 3 is 2.00 bits per heavy atom. The lowest BCUT2D eigenvalue weighted by Crippen LogP contribution is -3.00. The van der Waals surface area contributed by atoms with Gasteiger partial charge in [-0.25, -0.2) is 8.42 Å². The average Bonchev–Trinajstić information content (AvgIpc) is 1.81. The van der Waals surface area contributed by atoms with E-state index in [1.807, 2.05) is 0 Å². The second-order valence-electron chi connectivity index (χ2n) is 3.24. The number of rotatable bonds is 3. The molecule has 0 aliphatic rings. The van der Waals surface area contributed by atoms with Gasteiger partial charge in [-0.2, -0.15) is 0 Å². The topological polar surface area (TPSA) is 61.8 Å². The number of hydrogen-bond donors (Lipinski definition) is 1. The summed E-state index contributed by atoms with van der Waals surface area (Å²) in [5, 5.41) is 0. The van der Waals surface area contributed by atoms with E-state index in [-0.39, 0.29) is 12.4 Å². The van der Waals surface area contributed by atoms with Crippen LogP contribution >= 0.6 is 10.8 Å². The minimum atomic E-state index is -2.98. The first kappa shape index (κ1) is 15.0. The van der Waals surface area contributed by atoms with Crippen molar-refractivity contribution in [1.29, 1.82) is 0 Å². The molecular weight excluding hydrogens is 218 g/mol. The second-order valence-corrected chi connectivity index (χ2v) is 8.04. The molecule has 0 fully saturated rings. The molecule has 3 N–H and O–H groups in total. The van der Waals surface area contributed by atoms with Crippen LogP contribution in [0.25, 0.3) is 0 Å². The predicted molar refractivity (Wildman–Crippen MR) is 48.9 cm³/mol. The minimum Gasteiger partial charge on any atom is -1.00 e. The maximum absolute atomic E-state index is 11.3. The fraction of sp³-hybridized carbons (Fsp3) is 1.00. The third-order valence-electron chi connectivity index (χ3n) is 1.13. The molecule has 12 heavy (non-hydrogen) atoms. The zero-order valence-electron chi connectivity index (χ0n) is 7.63. The molecule has 0 radical (unpaired) electrons. The summed E-state index contributed by atoms with van der Waals surface area (Å²) >= 11 is 0. The molecule has 0 unspecified atom stereocenters. The van der Waals surface area contributed by atoms with Gasteiger partial charge in [-0.3, -0.25) is 0 Å². The van der Waals surface area contributed by atoms with Crippen molar-refractivity contribution in [2.75, 3.05) is 12.3 Å². The largest absolute Gasteiger partial charge is 1.00 e. The normalized spacial score (nSPS) is 12.3. The lowest BCUT2D eigenvalue weighted by atomic mass is 10.3. The van der Waals surface area contributed by atoms with Crippen molar-refractivity contribution < 1.29 is 26.6 Å². The van der Waals surface area contributed by atoms with E-state index in [9.17, 15) is 8.42 Å². The van der Waals surface area contributed by atoms with Crippen LogP contribution in [0.5, 0.6) is 0 Å². The Bertz CT molecular complexity index is 208. The van der Waals surface area contributed by atoms with Crippen molar-refractivity contribution in [3.8, 4) is 0 Å². The highest BCUT2D eigenvalue weighted by Gasteiger charge is 2.29. The minimum absolute atomic E-state index is 0. The predicted octanol–water partition coefficient (Wildman–Crippen LogP) is -2.91. The molecule has 0 atom stereocenters. The maximum atomic E-state index is 11.3. The zero-order valence-corrected chi connectivity index (χ0v) is 10.0. The SMILES string of the molecule is CC(C)(C)S(=O)(=O)SCC[NH3+].[Cl-]. The maximum Gasteiger partial charge on any atom is 0.206 e. The van der Waals surface area contributed by atoms with E-state index in [4.69, 9.17) is 0 Å². The molecule has 0 aromatic carbocycles. The highest BCUT2D eigenvalue weighted by Crippen LogP contribution is 2.26. The molecule has 6 heteroatoms. The Balaban J connectivity index is 0. The summed E-state index contributed by atoms with van der Waals surface area (Å²) in [5.74, 6) is 0.583. The summed E-state index contributed by atoms with van der Waals surface area (Å²) in [5.41, 5.74) is 3.59. The third kappa shape index (κ3) is 4.54. The molecule has 0 aromatic rings. The van der Waals surface area contributed by atoms with E-state index in [0.717, 1.165) is 10.8 Å². The summed E-state index contributed by atoms with van der Waals surface area (Å²) in [6, 6.07) is 0. The molecule has 0 rings (SSSR count). The van der Waals surface area contributed by atoms with Gasteiger partial charge in [-0.15, -0.1) is 0 Å². The van der Waals surface area contributed by atoms with Crippen molar-refractivity contribution in [3.05, 3.63) is 0 Å². The number of hydrogen-bond acceptors (Lipinski definition) is 3. The van der Waals surface area contributed by atoms with Gasteiger partial charge in [0.25, 0.3) is 0 Å². The van der Waals surface area contributed by atoms with E-state index >= 15 is 0 Å². The summed E-state index contributed by atoms with van der Waals surface area (Å²) in [6.07, 6.45) is 0. The highest BCUT2D eigenvalue weighted by atomic mass is 35.5. The summed E-state index contributed by atoms with van der Waals surface area (Å²) in [7, 11) is -1.99. The van der Waals surface area contributed by atoms with Crippen molar-refractivity contribution >= 4 is 19.7 Å². The van der Waals surface area contributed by atoms with Gasteiger partial charge in [0.1, 0.15) is 0 Å². The van der Waals surface area contributed by atoms with Crippen molar-refractivity contribution in [1.82, 2.24) is 0 Å². The van der Waals surface area contributed by atoms with Crippen LogP contribution < -0.4 is 18.1 Å². The molecular formula is C6H16ClNO2S2. The quantitative estimate of drug-likeness (QED) is 0.532. The third-order valence-corrected chi connectivity index (χ3v) is 6.33. The van der Waals surface area contributed by atoms with Crippen LogP contribution in [0, 0.1) is 0 Å². The fourth-order valence-corrected chi connectivity index (χ4v) is 3.11. The van der Waals surface area contributed by atoms with Crippen molar-refractivity contribution in [3.63, 3.8) is 0 Å². The van der Waals surface area contributed by atoms with E-state index in [1.165, 1.54) is 0 Å². The summed E-state index contributed by atoms with van der Waals surface area (Å²) < 4.78 is 22.0. The van der Waals surface area contributed by atoms with Crippen LogP contribution in [0.3, 0.4) is 0 Å². The van der Waals surface area contributed by atoms with Gasteiger partial charge < -0.3 is 18.1 Å². The van der Waals surface area contributed by atoms with Crippen LogP contribution in [-0.4, -0.2) is 25.5 Å². The van der Waals surface area contributed by atoms with Crippen molar-refractivity contribution in [2.24, 2.45) is 0 Å². The first-order valence-electron chi connectivity index (χ1n) is 3.49. The molecule has 3 nitrogen and oxygen atoms in total. The highest BCUT2D eigenvalue weighted by molar-refractivity contribution is 8.72. The fourth-order valence-electron chi connectivity index (χ4n) is 0.345. The summed E-state index contributed by atoms with van der Waals surface area (Å²) in [4.78, 5) is 0. The Labute approximate surface area is 84.2 Å². The Hall–Kier alpha value is 0.550. The van der Waals surface area contributed by atoms with Crippen LogP contribution in [0.2, 0.25) is 0 Å². The molecule has 0 saturated heterocycles. The first-order valence-corrected chi connectivity index (χ1v) is 6.48. The van der Waals surface area contributed by atoms with Gasteiger partial charge >= 0.3 is 0 Å². The molecule has 0 aromatic heterocycles. The first-order chi connectivity index (χ1) is 4.81. The standard InChI is InChI=1S/C6H15NO2S2.ClH/c1-6(2,3)11(8,9)10-5-4-7;/h4-5,7H2,1-3H3;1H. The van der Waals surface area contributed by atoms with Crippen molar-refractivity contribution in [2.45, 2.75) is 25.5 Å². The molecule has 76 valence electrons. The zero-order chi connectivity index (χ0) is 9.12. The van der Waals surface area contributed by atoms with Gasteiger partial charge in [0.2, 0.25) is 8.87 Å². The second kappa shape index (κ2) is 5.32. The lowest BCUT2D eigenvalue weighted by Gasteiger charge is -2.17. The van der Waals surface area contributed by atoms with Crippen LogP contribution in [0.4, 0.5) is 0 Å². The molecule has 0 spiro atoms. The molecule has 0 amide bonds.